The summed E-state index contributed by atoms with van der Waals surface area (Å²) in [4.78, 5) is 11.9. The van der Waals surface area contributed by atoms with E-state index in [0.717, 1.165) is 6.42 Å². The summed E-state index contributed by atoms with van der Waals surface area (Å²) in [6, 6.07) is 0. The lowest BCUT2D eigenvalue weighted by Gasteiger charge is -2.55. The van der Waals surface area contributed by atoms with Gasteiger partial charge in [0.1, 0.15) is 0 Å². The van der Waals surface area contributed by atoms with Crippen molar-refractivity contribution in [3.63, 3.8) is 0 Å². The van der Waals surface area contributed by atoms with Crippen LogP contribution in [0.2, 0.25) is 0 Å². The molecule has 1 N–H and O–H groups in total. The lowest BCUT2D eigenvalue weighted by molar-refractivity contribution is -0.158. The van der Waals surface area contributed by atoms with Crippen LogP contribution in [0, 0.1) is 23.2 Å². The summed E-state index contributed by atoms with van der Waals surface area (Å²) in [5.74, 6) is 0.473. The first kappa shape index (κ1) is 12.9. The topological polar surface area (TPSA) is 46.5 Å². The Labute approximate surface area is 104 Å². The van der Waals surface area contributed by atoms with Crippen molar-refractivity contribution in [3.05, 3.63) is 0 Å². The zero-order valence-corrected chi connectivity index (χ0v) is 10.9. The van der Waals surface area contributed by atoms with E-state index in [1.807, 2.05) is 6.92 Å². The lowest BCUT2D eigenvalue weighted by Crippen LogP contribution is -2.49. The summed E-state index contributed by atoms with van der Waals surface area (Å²) in [7, 11) is 0. The molecule has 0 aromatic rings. The second kappa shape index (κ2) is 4.97. The van der Waals surface area contributed by atoms with Gasteiger partial charge in [0.15, 0.2) is 0 Å². The summed E-state index contributed by atoms with van der Waals surface area (Å²) in [6.07, 6.45) is 6.05. The van der Waals surface area contributed by atoms with E-state index in [4.69, 9.17) is 4.74 Å². The predicted molar refractivity (Wildman–Crippen MR) is 65.4 cm³/mol. The standard InChI is InChI=1S/C14H24O3/c1-3-17-13(16)11(9-15)10-5-4-7-14(2)8-6-12(10)14/h10-12,15H,3-9H2,1-2H3. The van der Waals surface area contributed by atoms with E-state index in [9.17, 15) is 9.90 Å². The summed E-state index contributed by atoms with van der Waals surface area (Å²) < 4.78 is 5.09. The number of ether oxygens (including phenoxy) is 1. The lowest BCUT2D eigenvalue weighted by atomic mass is 9.49. The minimum atomic E-state index is -0.292. The van der Waals surface area contributed by atoms with Gasteiger partial charge in [0.05, 0.1) is 19.1 Å². The maximum Gasteiger partial charge on any atom is 0.311 e. The molecule has 2 aliphatic rings. The van der Waals surface area contributed by atoms with Crippen molar-refractivity contribution in [2.75, 3.05) is 13.2 Å². The van der Waals surface area contributed by atoms with E-state index in [1.165, 1.54) is 25.7 Å². The molecular formula is C14H24O3. The molecule has 4 atom stereocenters. The van der Waals surface area contributed by atoms with E-state index < -0.39 is 0 Å². The van der Waals surface area contributed by atoms with Crippen molar-refractivity contribution in [2.24, 2.45) is 23.2 Å². The van der Waals surface area contributed by atoms with E-state index in [0.29, 0.717) is 23.9 Å². The molecule has 0 amide bonds. The van der Waals surface area contributed by atoms with Crippen molar-refractivity contribution in [1.29, 1.82) is 0 Å². The summed E-state index contributed by atoms with van der Waals surface area (Å²) in [5.41, 5.74) is 0.433. The van der Waals surface area contributed by atoms with Gasteiger partial charge in [-0.25, -0.2) is 0 Å². The van der Waals surface area contributed by atoms with Crippen molar-refractivity contribution in [3.8, 4) is 0 Å². The van der Waals surface area contributed by atoms with Gasteiger partial charge in [-0.2, -0.15) is 0 Å². The smallest absolute Gasteiger partial charge is 0.311 e. The fourth-order valence-corrected chi connectivity index (χ4v) is 3.90. The minimum absolute atomic E-state index is 0.0594. The Bertz CT molecular complexity index is 289. The SMILES string of the molecule is CCOC(=O)C(CO)C1CCCC2(C)CCC12. The molecule has 3 nitrogen and oxygen atoms in total. The molecule has 0 radical (unpaired) electrons. The molecule has 2 aliphatic carbocycles. The van der Waals surface area contributed by atoms with E-state index in [1.54, 1.807) is 0 Å². The summed E-state index contributed by atoms with van der Waals surface area (Å²) in [6.45, 7) is 4.51. The molecule has 0 aromatic carbocycles. The van der Waals surface area contributed by atoms with Crippen LogP contribution in [0.5, 0.6) is 0 Å². The molecule has 2 rings (SSSR count). The molecule has 0 aliphatic heterocycles. The van der Waals surface area contributed by atoms with Crippen LogP contribution < -0.4 is 0 Å². The zero-order valence-electron chi connectivity index (χ0n) is 10.9. The summed E-state index contributed by atoms with van der Waals surface area (Å²) in [5, 5.41) is 9.49. The second-order valence-corrected chi connectivity index (χ2v) is 5.90. The molecule has 4 unspecified atom stereocenters. The molecule has 2 saturated carbocycles. The van der Waals surface area contributed by atoms with Crippen LogP contribution in [0.15, 0.2) is 0 Å². The van der Waals surface area contributed by atoms with Gasteiger partial charge in [-0.05, 0) is 49.9 Å². The molecular weight excluding hydrogens is 216 g/mol. The molecule has 0 spiro atoms. The second-order valence-electron chi connectivity index (χ2n) is 5.90. The number of fused-ring (bicyclic) bond motifs is 1. The number of rotatable bonds is 4. The Balaban J connectivity index is 2.06. The van der Waals surface area contributed by atoms with E-state index >= 15 is 0 Å². The molecule has 3 heteroatoms. The maximum atomic E-state index is 11.9. The van der Waals surface area contributed by atoms with Crippen molar-refractivity contribution < 1.29 is 14.6 Å². The van der Waals surface area contributed by atoms with Crippen LogP contribution >= 0.6 is 0 Å². The van der Waals surface area contributed by atoms with Gasteiger partial charge in [-0.3, -0.25) is 4.79 Å². The third-order valence-corrected chi connectivity index (χ3v) is 5.03. The molecule has 0 aromatic heterocycles. The number of hydrogen-bond donors (Lipinski definition) is 1. The Morgan fingerprint density at radius 1 is 1.47 bits per heavy atom. The molecule has 2 fully saturated rings. The van der Waals surface area contributed by atoms with Crippen LogP contribution in [0.25, 0.3) is 0 Å². The van der Waals surface area contributed by atoms with Gasteiger partial charge < -0.3 is 9.84 Å². The fourth-order valence-electron chi connectivity index (χ4n) is 3.90. The van der Waals surface area contributed by atoms with Gasteiger partial charge in [-0.1, -0.05) is 13.3 Å². The van der Waals surface area contributed by atoms with Crippen molar-refractivity contribution in [1.82, 2.24) is 0 Å². The third-order valence-electron chi connectivity index (χ3n) is 5.03. The first-order valence-corrected chi connectivity index (χ1v) is 6.90. The van der Waals surface area contributed by atoms with Gasteiger partial charge >= 0.3 is 5.97 Å². The van der Waals surface area contributed by atoms with Gasteiger partial charge in [0.25, 0.3) is 0 Å². The highest BCUT2D eigenvalue weighted by Crippen LogP contribution is 2.59. The van der Waals surface area contributed by atoms with Crippen molar-refractivity contribution in [2.45, 2.75) is 46.0 Å². The summed E-state index contributed by atoms with van der Waals surface area (Å²) >= 11 is 0. The number of esters is 1. The Hall–Kier alpha value is -0.570. The van der Waals surface area contributed by atoms with Gasteiger partial charge in [-0.15, -0.1) is 0 Å². The Kier molecular flexibility index (Phi) is 3.76. The maximum absolute atomic E-state index is 11.9. The first-order valence-electron chi connectivity index (χ1n) is 6.90. The first-order chi connectivity index (χ1) is 8.12. The minimum Gasteiger partial charge on any atom is -0.466 e. The molecule has 17 heavy (non-hydrogen) atoms. The van der Waals surface area contributed by atoms with Crippen LogP contribution in [-0.2, 0) is 9.53 Å². The van der Waals surface area contributed by atoms with E-state index in [-0.39, 0.29) is 18.5 Å². The normalized spacial score (nSPS) is 37.8. The van der Waals surface area contributed by atoms with Gasteiger partial charge in [0, 0.05) is 0 Å². The van der Waals surface area contributed by atoms with E-state index in [2.05, 4.69) is 6.92 Å². The number of aliphatic hydroxyl groups excluding tert-OH is 1. The number of aliphatic hydroxyl groups is 1. The number of carbonyl (C=O) groups excluding carboxylic acids is 1. The van der Waals surface area contributed by atoms with Crippen LogP contribution in [-0.4, -0.2) is 24.3 Å². The Morgan fingerprint density at radius 2 is 2.24 bits per heavy atom. The van der Waals surface area contributed by atoms with Gasteiger partial charge in [0.2, 0.25) is 0 Å². The highest BCUT2D eigenvalue weighted by molar-refractivity contribution is 5.73. The fraction of sp³-hybridized carbons (Fsp3) is 0.929. The predicted octanol–water partition coefficient (Wildman–Crippen LogP) is 2.37. The van der Waals surface area contributed by atoms with Crippen LogP contribution in [0.1, 0.15) is 46.0 Å². The number of hydrogen-bond acceptors (Lipinski definition) is 3. The highest BCUT2D eigenvalue weighted by atomic mass is 16.5. The average molecular weight is 240 g/mol. The monoisotopic (exact) mass is 240 g/mol. The van der Waals surface area contributed by atoms with Crippen LogP contribution in [0.4, 0.5) is 0 Å². The van der Waals surface area contributed by atoms with Crippen LogP contribution in [0.3, 0.4) is 0 Å². The highest BCUT2D eigenvalue weighted by Gasteiger charge is 2.51. The Morgan fingerprint density at radius 3 is 2.76 bits per heavy atom. The largest absolute Gasteiger partial charge is 0.466 e. The molecule has 0 heterocycles. The third kappa shape index (κ3) is 2.22. The molecule has 98 valence electrons. The molecule has 0 bridgehead atoms. The average Bonchev–Trinajstić information content (AvgIpc) is 2.27. The van der Waals surface area contributed by atoms with Crippen molar-refractivity contribution >= 4 is 5.97 Å². The quantitative estimate of drug-likeness (QED) is 0.767. The molecule has 0 saturated heterocycles. The zero-order chi connectivity index (χ0) is 12.5. The number of carbonyl (C=O) groups is 1.